The Kier molecular flexibility index (Phi) is 4.62. The van der Waals surface area contributed by atoms with E-state index in [1.54, 1.807) is 16.8 Å². The third-order valence-corrected chi connectivity index (χ3v) is 3.57. The third kappa shape index (κ3) is 4.02. The van der Waals surface area contributed by atoms with Crippen LogP contribution in [-0.2, 0) is 11.3 Å². The summed E-state index contributed by atoms with van der Waals surface area (Å²) in [5.41, 5.74) is 6.69. The van der Waals surface area contributed by atoms with Crippen LogP contribution in [0.15, 0.2) is 41.1 Å². The fraction of sp³-hybridized carbons (Fsp3) is 0.0667. The number of carbonyl (C=O) groups excluding carboxylic acids is 1. The van der Waals surface area contributed by atoms with Crippen LogP contribution in [0.1, 0.15) is 16.2 Å². The molecule has 3 N–H and O–H groups in total. The normalized spacial score (nSPS) is 10.4. The largest absolute Gasteiger partial charge is 0.454 e. The molecule has 1 aromatic carbocycles. The van der Waals surface area contributed by atoms with Gasteiger partial charge in [-0.1, -0.05) is 0 Å². The van der Waals surface area contributed by atoms with Crippen molar-refractivity contribution in [3.63, 3.8) is 0 Å². The molecular weight excluding hydrogens is 333 g/mol. The molecule has 3 rings (SSSR count). The molecule has 0 aliphatic rings. The number of nitrogen functional groups attached to an aromatic ring is 1. The van der Waals surface area contributed by atoms with Gasteiger partial charge in [0, 0.05) is 11.1 Å². The van der Waals surface area contributed by atoms with E-state index in [0.717, 1.165) is 0 Å². The lowest BCUT2D eigenvalue weighted by Crippen LogP contribution is -2.10. The first-order valence-corrected chi connectivity index (χ1v) is 7.77. The maximum atomic E-state index is 12.9. The average molecular weight is 345 g/mol. The molecule has 0 atom stereocenters. The molecule has 0 spiro atoms. The minimum Gasteiger partial charge on any atom is -0.454 e. The Morgan fingerprint density at radius 2 is 2.00 bits per heavy atom. The lowest BCUT2D eigenvalue weighted by atomic mass is 10.3. The SMILES string of the molecule is Nc1nc(COC(=O)c2ccsc2)nc(Nc2ccc(F)cc2)n1. The predicted molar refractivity (Wildman–Crippen MR) is 87.4 cm³/mol. The number of nitrogens with two attached hydrogens (primary N) is 1. The number of rotatable bonds is 5. The average Bonchev–Trinajstić information content (AvgIpc) is 3.09. The van der Waals surface area contributed by atoms with Crippen molar-refractivity contribution in [1.29, 1.82) is 0 Å². The number of anilines is 3. The fourth-order valence-electron chi connectivity index (χ4n) is 1.81. The van der Waals surface area contributed by atoms with Crippen molar-refractivity contribution in [2.75, 3.05) is 11.1 Å². The van der Waals surface area contributed by atoms with Crippen molar-refractivity contribution in [2.45, 2.75) is 6.61 Å². The first-order valence-electron chi connectivity index (χ1n) is 6.82. The molecule has 0 aliphatic carbocycles. The van der Waals surface area contributed by atoms with Crippen LogP contribution in [0.2, 0.25) is 0 Å². The molecule has 9 heteroatoms. The molecule has 0 radical (unpaired) electrons. The summed E-state index contributed by atoms with van der Waals surface area (Å²) in [6.45, 7) is -0.139. The first kappa shape index (κ1) is 15.8. The Morgan fingerprint density at radius 3 is 2.71 bits per heavy atom. The smallest absolute Gasteiger partial charge is 0.339 e. The van der Waals surface area contributed by atoms with Crippen molar-refractivity contribution in [3.8, 4) is 0 Å². The number of nitrogens with zero attached hydrogens (tertiary/aromatic N) is 3. The number of nitrogens with one attached hydrogen (secondary N) is 1. The summed E-state index contributed by atoms with van der Waals surface area (Å²) in [7, 11) is 0. The van der Waals surface area contributed by atoms with E-state index in [4.69, 9.17) is 10.5 Å². The van der Waals surface area contributed by atoms with Gasteiger partial charge in [-0.15, -0.1) is 0 Å². The summed E-state index contributed by atoms with van der Waals surface area (Å²) < 4.78 is 18.0. The van der Waals surface area contributed by atoms with Gasteiger partial charge in [-0.05, 0) is 35.7 Å². The van der Waals surface area contributed by atoms with Gasteiger partial charge in [0.15, 0.2) is 12.4 Å². The number of aromatic nitrogens is 3. The molecule has 3 aromatic rings. The van der Waals surface area contributed by atoms with E-state index in [2.05, 4.69) is 20.3 Å². The van der Waals surface area contributed by atoms with E-state index in [9.17, 15) is 9.18 Å². The molecule has 2 heterocycles. The third-order valence-electron chi connectivity index (χ3n) is 2.89. The number of hydrogen-bond donors (Lipinski definition) is 2. The highest BCUT2D eigenvalue weighted by Crippen LogP contribution is 2.15. The standard InChI is InChI=1S/C15H12FN5O2S/c16-10-1-3-11(4-2-10)18-15-20-12(19-14(17)21-15)7-23-13(22)9-5-6-24-8-9/h1-6,8H,7H2,(H3,17,18,19,20,21). The van der Waals surface area contributed by atoms with E-state index < -0.39 is 5.97 Å². The van der Waals surface area contributed by atoms with Crippen molar-refractivity contribution >= 4 is 34.9 Å². The van der Waals surface area contributed by atoms with Gasteiger partial charge in [-0.25, -0.2) is 9.18 Å². The predicted octanol–water partition coefficient (Wildman–Crippen LogP) is 2.76. The molecule has 0 bridgehead atoms. The zero-order valence-electron chi connectivity index (χ0n) is 12.3. The molecular formula is C15H12FN5O2S. The highest BCUT2D eigenvalue weighted by molar-refractivity contribution is 7.08. The van der Waals surface area contributed by atoms with Crippen molar-refractivity contribution < 1.29 is 13.9 Å². The Labute approximate surface area is 140 Å². The van der Waals surface area contributed by atoms with Gasteiger partial charge in [-0.3, -0.25) is 0 Å². The van der Waals surface area contributed by atoms with E-state index in [0.29, 0.717) is 11.3 Å². The van der Waals surface area contributed by atoms with Crippen LogP contribution < -0.4 is 11.1 Å². The number of esters is 1. The minimum atomic E-state index is -0.469. The molecule has 0 amide bonds. The number of halogens is 1. The molecule has 122 valence electrons. The van der Waals surface area contributed by atoms with Crippen molar-refractivity contribution in [2.24, 2.45) is 0 Å². The lowest BCUT2D eigenvalue weighted by Gasteiger charge is -2.07. The van der Waals surface area contributed by atoms with E-state index in [-0.39, 0.29) is 30.1 Å². The number of hydrogen-bond acceptors (Lipinski definition) is 8. The topological polar surface area (TPSA) is 103 Å². The second-order valence-corrected chi connectivity index (χ2v) is 5.43. The van der Waals surface area contributed by atoms with Gasteiger partial charge in [0.1, 0.15) is 5.82 Å². The summed E-state index contributed by atoms with van der Waals surface area (Å²) in [5, 5.41) is 6.35. The van der Waals surface area contributed by atoms with Gasteiger partial charge >= 0.3 is 5.97 Å². The summed E-state index contributed by atoms with van der Waals surface area (Å²) in [4.78, 5) is 23.8. The first-order chi connectivity index (χ1) is 11.6. The number of carbonyl (C=O) groups is 1. The van der Waals surface area contributed by atoms with Crippen LogP contribution in [0.3, 0.4) is 0 Å². The van der Waals surface area contributed by atoms with E-state index >= 15 is 0 Å². The Morgan fingerprint density at radius 1 is 1.21 bits per heavy atom. The number of ether oxygens (including phenoxy) is 1. The summed E-state index contributed by atoms with van der Waals surface area (Å²) >= 11 is 1.40. The molecule has 2 aromatic heterocycles. The van der Waals surface area contributed by atoms with Crippen molar-refractivity contribution in [3.05, 3.63) is 58.3 Å². The molecule has 0 saturated heterocycles. The van der Waals surface area contributed by atoms with Gasteiger partial charge < -0.3 is 15.8 Å². The second-order valence-electron chi connectivity index (χ2n) is 4.65. The van der Waals surface area contributed by atoms with Crippen LogP contribution in [0, 0.1) is 5.82 Å². The molecule has 0 unspecified atom stereocenters. The van der Waals surface area contributed by atoms with Gasteiger partial charge in [0.05, 0.1) is 5.56 Å². The maximum Gasteiger partial charge on any atom is 0.339 e. The van der Waals surface area contributed by atoms with Crippen LogP contribution in [0.4, 0.5) is 22.0 Å². The van der Waals surface area contributed by atoms with Crippen molar-refractivity contribution in [1.82, 2.24) is 15.0 Å². The number of benzene rings is 1. The molecule has 24 heavy (non-hydrogen) atoms. The zero-order valence-corrected chi connectivity index (χ0v) is 13.1. The van der Waals surface area contributed by atoms with Gasteiger partial charge in [0.2, 0.25) is 11.9 Å². The molecule has 0 fully saturated rings. The second kappa shape index (κ2) is 7.01. The lowest BCUT2D eigenvalue weighted by molar-refractivity contribution is 0.0463. The van der Waals surface area contributed by atoms with Crippen LogP contribution in [-0.4, -0.2) is 20.9 Å². The highest BCUT2D eigenvalue weighted by atomic mass is 32.1. The summed E-state index contributed by atoms with van der Waals surface area (Å²) in [6, 6.07) is 7.33. The number of thiophene rings is 1. The van der Waals surface area contributed by atoms with Crippen LogP contribution in [0.5, 0.6) is 0 Å². The fourth-order valence-corrected chi connectivity index (χ4v) is 2.44. The molecule has 7 nitrogen and oxygen atoms in total. The molecule has 0 saturated carbocycles. The van der Waals surface area contributed by atoms with Crippen LogP contribution in [0.25, 0.3) is 0 Å². The summed E-state index contributed by atoms with van der Waals surface area (Å²) in [5.74, 6) is -0.456. The maximum absolute atomic E-state index is 12.9. The Balaban J connectivity index is 1.69. The van der Waals surface area contributed by atoms with Gasteiger partial charge in [0.25, 0.3) is 0 Å². The minimum absolute atomic E-state index is 0.0174. The Hall–Kier alpha value is -3.07. The van der Waals surface area contributed by atoms with Gasteiger partial charge in [-0.2, -0.15) is 26.3 Å². The summed E-state index contributed by atoms with van der Waals surface area (Å²) in [6.07, 6.45) is 0. The molecule has 0 aliphatic heterocycles. The quantitative estimate of drug-likeness (QED) is 0.685. The Bertz CT molecular complexity index is 840. The highest BCUT2D eigenvalue weighted by Gasteiger charge is 2.10. The monoisotopic (exact) mass is 345 g/mol. The van der Waals surface area contributed by atoms with Crippen LogP contribution >= 0.6 is 11.3 Å². The zero-order chi connectivity index (χ0) is 16.9. The van der Waals surface area contributed by atoms with E-state index in [1.807, 2.05) is 0 Å². The van der Waals surface area contributed by atoms with E-state index in [1.165, 1.54) is 35.6 Å².